The Balaban J connectivity index is 1.94. The van der Waals surface area contributed by atoms with Crippen LogP contribution in [0.1, 0.15) is 36.9 Å². The van der Waals surface area contributed by atoms with E-state index in [4.69, 9.17) is 16.3 Å². The van der Waals surface area contributed by atoms with E-state index in [9.17, 15) is 5.11 Å². The molecule has 0 fully saturated rings. The van der Waals surface area contributed by atoms with Crippen molar-refractivity contribution in [1.82, 2.24) is 15.0 Å². The first-order valence-electron chi connectivity index (χ1n) is 9.10. The van der Waals surface area contributed by atoms with Crippen molar-refractivity contribution in [3.63, 3.8) is 0 Å². The first-order chi connectivity index (χ1) is 13.8. The molecule has 4 aromatic rings. The van der Waals surface area contributed by atoms with Crippen LogP contribution in [0.2, 0.25) is 5.02 Å². The summed E-state index contributed by atoms with van der Waals surface area (Å²) in [6.45, 7) is 5.89. The van der Waals surface area contributed by atoms with Gasteiger partial charge in [-0.25, -0.2) is 15.0 Å². The predicted molar refractivity (Wildman–Crippen MR) is 116 cm³/mol. The molecule has 0 spiro atoms. The minimum atomic E-state index is -1.44. The van der Waals surface area contributed by atoms with Crippen LogP contribution >= 0.6 is 22.9 Å². The number of ether oxygens (including phenoxy) is 1. The van der Waals surface area contributed by atoms with E-state index in [1.807, 2.05) is 56.5 Å². The summed E-state index contributed by atoms with van der Waals surface area (Å²) >= 11 is 7.45. The van der Waals surface area contributed by atoms with E-state index in [0.29, 0.717) is 27.0 Å². The van der Waals surface area contributed by atoms with Crippen molar-refractivity contribution in [1.29, 1.82) is 0 Å². The van der Waals surface area contributed by atoms with Gasteiger partial charge in [-0.15, -0.1) is 11.3 Å². The van der Waals surface area contributed by atoms with Gasteiger partial charge in [0.05, 0.1) is 10.9 Å². The third kappa shape index (κ3) is 3.83. The molecule has 0 amide bonds. The molecular weight excluding hydrogens is 406 g/mol. The number of fused-ring (bicyclic) bond motifs is 1. The molecule has 1 unspecified atom stereocenters. The van der Waals surface area contributed by atoms with Crippen molar-refractivity contribution in [3.8, 4) is 5.88 Å². The maximum absolute atomic E-state index is 11.9. The lowest BCUT2D eigenvalue weighted by Crippen LogP contribution is -2.29. The summed E-state index contributed by atoms with van der Waals surface area (Å²) in [5, 5.41) is 15.6. The molecule has 0 saturated carbocycles. The Morgan fingerprint density at radius 1 is 0.966 bits per heavy atom. The summed E-state index contributed by atoms with van der Waals surface area (Å²) in [5.74, 6) is 0.474. The molecule has 1 atom stereocenters. The molecule has 1 N–H and O–H groups in total. The molecule has 2 aromatic heterocycles. The minimum Gasteiger partial charge on any atom is -0.471 e. The van der Waals surface area contributed by atoms with Crippen LogP contribution in [0.3, 0.4) is 0 Å². The second kappa shape index (κ2) is 7.37. The van der Waals surface area contributed by atoms with Crippen molar-refractivity contribution >= 4 is 33.8 Å². The van der Waals surface area contributed by atoms with Gasteiger partial charge in [-0.3, -0.25) is 0 Å². The SMILES string of the molecule is CC(C)(C)Oc1ncnc2ccc(C(O)(c3ccc(Cl)cc3)c3nccs3)cc12. The normalized spacial score (nSPS) is 14.0. The summed E-state index contributed by atoms with van der Waals surface area (Å²) < 4.78 is 6.03. The van der Waals surface area contributed by atoms with Crippen LogP contribution in [0, 0.1) is 0 Å². The van der Waals surface area contributed by atoms with Gasteiger partial charge in [0, 0.05) is 16.6 Å². The second-order valence-electron chi connectivity index (χ2n) is 7.68. The van der Waals surface area contributed by atoms with E-state index in [2.05, 4.69) is 15.0 Å². The summed E-state index contributed by atoms with van der Waals surface area (Å²) in [5.41, 5.74) is 0.198. The van der Waals surface area contributed by atoms with E-state index < -0.39 is 11.2 Å². The zero-order valence-electron chi connectivity index (χ0n) is 16.3. The lowest BCUT2D eigenvalue weighted by atomic mass is 9.86. The molecule has 7 heteroatoms. The number of benzene rings is 2. The highest BCUT2D eigenvalue weighted by atomic mass is 35.5. The Morgan fingerprint density at radius 3 is 2.34 bits per heavy atom. The summed E-state index contributed by atoms with van der Waals surface area (Å²) in [6, 6.07) is 12.7. The molecule has 0 bridgehead atoms. The molecule has 0 aliphatic rings. The van der Waals surface area contributed by atoms with Gasteiger partial charge in [-0.1, -0.05) is 29.8 Å². The van der Waals surface area contributed by atoms with Gasteiger partial charge in [-0.2, -0.15) is 0 Å². The standard InChI is InChI=1S/C22H20ClN3O2S/c1-21(2,3)28-19-17-12-15(6-9-18(17)25-13-26-19)22(27,20-24-10-11-29-20)14-4-7-16(23)8-5-14/h4-13,27H,1-3H3. The van der Waals surface area contributed by atoms with Crippen LogP contribution < -0.4 is 4.74 Å². The van der Waals surface area contributed by atoms with Gasteiger partial charge in [0.2, 0.25) is 5.88 Å². The van der Waals surface area contributed by atoms with Gasteiger partial charge >= 0.3 is 0 Å². The zero-order chi connectivity index (χ0) is 20.6. The van der Waals surface area contributed by atoms with Gasteiger partial charge < -0.3 is 9.84 Å². The number of thiazole rings is 1. The molecule has 29 heavy (non-hydrogen) atoms. The van der Waals surface area contributed by atoms with E-state index >= 15 is 0 Å². The molecule has 2 aromatic carbocycles. The minimum absolute atomic E-state index is 0.418. The Kier molecular flexibility index (Phi) is 5.02. The van der Waals surface area contributed by atoms with Crippen LogP contribution in [0.5, 0.6) is 5.88 Å². The van der Waals surface area contributed by atoms with Crippen LogP contribution in [0.15, 0.2) is 60.4 Å². The first-order valence-corrected chi connectivity index (χ1v) is 10.4. The highest BCUT2D eigenvalue weighted by Crippen LogP contribution is 2.40. The molecule has 0 aliphatic heterocycles. The van der Waals surface area contributed by atoms with Crippen LogP contribution in [-0.2, 0) is 5.60 Å². The number of hydrogen-bond donors (Lipinski definition) is 1. The molecule has 148 valence electrons. The molecular formula is C22H20ClN3O2S. The second-order valence-corrected chi connectivity index (χ2v) is 9.01. The maximum atomic E-state index is 11.9. The number of aromatic nitrogens is 3. The van der Waals surface area contributed by atoms with Gasteiger partial charge in [-0.05, 0) is 56.2 Å². The molecule has 0 radical (unpaired) electrons. The molecule has 0 aliphatic carbocycles. The third-order valence-corrected chi connectivity index (χ3v) is 5.56. The smallest absolute Gasteiger partial charge is 0.224 e. The Morgan fingerprint density at radius 2 is 1.69 bits per heavy atom. The molecule has 5 nitrogen and oxygen atoms in total. The van der Waals surface area contributed by atoms with Crippen molar-refractivity contribution in [2.75, 3.05) is 0 Å². The fourth-order valence-electron chi connectivity index (χ4n) is 3.14. The van der Waals surface area contributed by atoms with E-state index in [1.165, 1.54) is 17.7 Å². The summed E-state index contributed by atoms with van der Waals surface area (Å²) in [7, 11) is 0. The highest BCUT2D eigenvalue weighted by Gasteiger charge is 2.37. The lowest BCUT2D eigenvalue weighted by molar-refractivity contribution is 0.124. The van der Waals surface area contributed by atoms with Crippen molar-refractivity contribution < 1.29 is 9.84 Å². The van der Waals surface area contributed by atoms with Crippen LogP contribution in [0.4, 0.5) is 0 Å². The fraction of sp³-hybridized carbons (Fsp3) is 0.227. The zero-order valence-corrected chi connectivity index (χ0v) is 17.8. The number of nitrogens with zero attached hydrogens (tertiary/aromatic N) is 3. The molecule has 4 rings (SSSR count). The van der Waals surface area contributed by atoms with Crippen molar-refractivity contribution in [2.24, 2.45) is 0 Å². The first kappa shape index (κ1) is 19.8. The molecule has 0 saturated heterocycles. The fourth-order valence-corrected chi connectivity index (χ4v) is 4.04. The number of rotatable bonds is 4. The van der Waals surface area contributed by atoms with E-state index in [0.717, 1.165) is 10.9 Å². The monoisotopic (exact) mass is 425 g/mol. The largest absolute Gasteiger partial charge is 0.471 e. The Hall–Kier alpha value is -2.54. The quantitative estimate of drug-likeness (QED) is 0.486. The summed E-state index contributed by atoms with van der Waals surface area (Å²) in [6.07, 6.45) is 3.16. The topological polar surface area (TPSA) is 68.1 Å². The third-order valence-electron chi connectivity index (χ3n) is 4.42. The van der Waals surface area contributed by atoms with Crippen molar-refractivity contribution in [2.45, 2.75) is 32.0 Å². The van der Waals surface area contributed by atoms with Crippen LogP contribution in [-0.4, -0.2) is 25.7 Å². The van der Waals surface area contributed by atoms with Gasteiger partial charge in [0.1, 0.15) is 16.9 Å². The Bertz CT molecular complexity index is 1140. The number of hydrogen-bond acceptors (Lipinski definition) is 6. The average Bonchev–Trinajstić information content (AvgIpc) is 3.22. The maximum Gasteiger partial charge on any atom is 0.224 e. The van der Waals surface area contributed by atoms with E-state index in [-0.39, 0.29) is 0 Å². The predicted octanol–water partition coefficient (Wildman–Crippen LogP) is 5.20. The average molecular weight is 426 g/mol. The van der Waals surface area contributed by atoms with Gasteiger partial charge in [0.15, 0.2) is 5.60 Å². The number of aliphatic hydroxyl groups is 1. The molecule has 2 heterocycles. The highest BCUT2D eigenvalue weighted by molar-refractivity contribution is 7.09. The van der Waals surface area contributed by atoms with Crippen molar-refractivity contribution in [3.05, 3.63) is 81.5 Å². The van der Waals surface area contributed by atoms with Crippen LogP contribution in [0.25, 0.3) is 10.9 Å². The Labute approximate surface area is 178 Å². The number of halogens is 1. The van der Waals surface area contributed by atoms with Gasteiger partial charge in [0.25, 0.3) is 0 Å². The summed E-state index contributed by atoms with van der Waals surface area (Å²) in [4.78, 5) is 13.1. The lowest BCUT2D eigenvalue weighted by Gasteiger charge is -2.28. The van der Waals surface area contributed by atoms with E-state index in [1.54, 1.807) is 18.3 Å².